The molecule has 1 aromatic carbocycles. The van der Waals surface area contributed by atoms with Crippen molar-refractivity contribution in [2.75, 3.05) is 12.3 Å². The second kappa shape index (κ2) is 8.01. The van der Waals surface area contributed by atoms with Crippen LogP contribution in [-0.4, -0.2) is 39.5 Å². The Morgan fingerprint density at radius 1 is 1.28 bits per heavy atom. The third-order valence-corrected chi connectivity index (χ3v) is 6.91. The summed E-state index contributed by atoms with van der Waals surface area (Å²) in [6.45, 7) is 0.316. The maximum Gasteiger partial charge on any atom is 0.333 e. The van der Waals surface area contributed by atoms with Gasteiger partial charge in [-0.15, -0.1) is 11.3 Å². The Morgan fingerprint density at radius 2 is 2.10 bits per heavy atom. The fourth-order valence-corrected chi connectivity index (χ4v) is 5.33. The molecule has 152 valence electrons. The van der Waals surface area contributed by atoms with Crippen molar-refractivity contribution in [3.63, 3.8) is 0 Å². The summed E-state index contributed by atoms with van der Waals surface area (Å²) in [5.41, 5.74) is 7.73. The lowest BCUT2D eigenvalue weighted by Crippen LogP contribution is -2.17. The van der Waals surface area contributed by atoms with Crippen molar-refractivity contribution in [2.24, 2.45) is 5.14 Å². The molecular formula is C15H14ClN7O3S3. The van der Waals surface area contributed by atoms with Crippen molar-refractivity contribution in [1.82, 2.24) is 24.5 Å². The molecule has 0 fully saturated rings. The predicted octanol–water partition coefficient (Wildman–Crippen LogP) is 2.43. The van der Waals surface area contributed by atoms with E-state index < -0.39 is 10.3 Å². The predicted molar refractivity (Wildman–Crippen MR) is 112 cm³/mol. The third kappa shape index (κ3) is 4.44. The summed E-state index contributed by atoms with van der Waals surface area (Å²) in [6.07, 6.45) is 1.72. The minimum atomic E-state index is -3.99. The van der Waals surface area contributed by atoms with Gasteiger partial charge in [0.25, 0.3) is 0 Å². The molecule has 3 aromatic heterocycles. The maximum atomic E-state index is 10.9. The normalized spacial score (nSPS) is 12.2. The zero-order valence-corrected chi connectivity index (χ0v) is 17.9. The standard InChI is InChI=1S/C15H14ClN7O3S3/c16-8-3-1-4-9-11(8)27-15(21-9)28-14-22-10-12(17)19-7-20-13(10)23(14)5-2-6-26-29(18,24)25/h1,3-4,7H,2,5-6H2,(H2,17,19,20)(H2,18,24,25). The lowest BCUT2D eigenvalue weighted by atomic mass is 10.3. The van der Waals surface area contributed by atoms with Crippen molar-refractivity contribution >= 4 is 72.2 Å². The Hall–Kier alpha value is -2.03. The average Bonchev–Trinajstić information content (AvgIpc) is 3.21. The van der Waals surface area contributed by atoms with Gasteiger partial charge < -0.3 is 10.3 Å². The molecule has 4 N–H and O–H groups in total. The number of halogens is 1. The van der Waals surface area contributed by atoms with E-state index in [0.29, 0.717) is 34.3 Å². The smallest absolute Gasteiger partial charge is 0.333 e. The first-order valence-electron chi connectivity index (χ1n) is 8.18. The van der Waals surface area contributed by atoms with Gasteiger partial charge in [0.05, 0.1) is 21.8 Å². The first-order valence-corrected chi connectivity index (χ1v) is 11.7. The van der Waals surface area contributed by atoms with Gasteiger partial charge in [0, 0.05) is 6.54 Å². The van der Waals surface area contributed by atoms with Gasteiger partial charge in [-0.25, -0.2) is 25.1 Å². The van der Waals surface area contributed by atoms with Crippen molar-refractivity contribution in [3.05, 3.63) is 29.5 Å². The van der Waals surface area contributed by atoms with Gasteiger partial charge >= 0.3 is 10.3 Å². The van der Waals surface area contributed by atoms with E-state index in [1.165, 1.54) is 29.4 Å². The lowest BCUT2D eigenvalue weighted by Gasteiger charge is -2.07. The van der Waals surface area contributed by atoms with Crippen LogP contribution in [0.3, 0.4) is 0 Å². The van der Waals surface area contributed by atoms with Crippen molar-refractivity contribution in [3.8, 4) is 0 Å². The van der Waals surface area contributed by atoms with E-state index in [4.69, 9.17) is 22.5 Å². The topological polar surface area (TPSA) is 152 Å². The monoisotopic (exact) mass is 471 g/mol. The Morgan fingerprint density at radius 3 is 2.86 bits per heavy atom. The molecule has 0 aliphatic rings. The highest BCUT2D eigenvalue weighted by Crippen LogP contribution is 2.38. The number of aromatic nitrogens is 5. The molecule has 0 spiro atoms. The SMILES string of the molecule is Nc1ncnc2c1nc(Sc1nc3cccc(Cl)c3s1)n2CCCOS(N)(=O)=O. The summed E-state index contributed by atoms with van der Waals surface area (Å²) >= 11 is 9.04. The first kappa shape index (κ1) is 20.3. The van der Waals surface area contributed by atoms with Crippen molar-refractivity contribution in [1.29, 1.82) is 0 Å². The van der Waals surface area contributed by atoms with E-state index in [9.17, 15) is 8.42 Å². The molecular weight excluding hydrogens is 458 g/mol. The van der Waals surface area contributed by atoms with E-state index in [1.54, 1.807) is 0 Å². The van der Waals surface area contributed by atoms with Crippen molar-refractivity contribution < 1.29 is 12.6 Å². The number of thiazole rings is 1. The van der Waals surface area contributed by atoms with Gasteiger partial charge in [0.15, 0.2) is 26.5 Å². The fourth-order valence-electron chi connectivity index (χ4n) is 2.63. The van der Waals surface area contributed by atoms with E-state index in [1.807, 2.05) is 22.8 Å². The van der Waals surface area contributed by atoms with Gasteiger partial charge in [-0.1, -0.05) is 17.7 Å². The molecule has 0 aliphatic heterocycles. The highest BCUT2D eigenvalue weighted by molar-refractivity contribution is 8.01. The van der Waals surface area contributed by atoms with Gasteiger partial charge in [-0.2, -0.15) is 8.42 Å². The summed E-state index contributed by atoms with van der Waals surface area (Å²) in [4.78, 5) is 17.4. The van der Waals surface area contributed by atoms with Crippen LogP contribution in [0.4, 0.5) is 5.82 Å². The quantitative estimate of drug-likeness (QED) is 0.387. The summed E-state index contributed by atoms with van der Waals surface area (Å²) in [7, 11) is -3.99. The van der Waals surface area contributed by atoms with Gasteiger partial charge in [0.1, 0.15) is 6.33 Å². The number of nitrogen functional groups attached to an aromatic ring is 1. The first-order chi connectivity index (χ1) is 13.8. The second-order valence-electron chi connectivity index (χ2n) is 5.82. The molecule has 0 radical (unpaired) electrons. The van der Waals surface area contributed by atoms with E-state index >= 15 is 0 Å². The molecule has 29 heavy (non-hydrogen) atoms. The number of imidazole rings is 1. The molecule has 4 aromatic rings. The molecule has 10 nitrogen and oxygen atoms in total. The summed E-state index contributed by atoms with van der Waals surface area (Å²) < 4.78 is 30.0. The van der Waals surface area contributed by atoms with Gasteiger partial charge in [-0.05, 0) is 30.3 Å². The van der Waals surface area contributed by atoms with Crippen LogP contribution in [-0.2, 0) is 21.0 Å². The zero-order chi connectivity index (χ0) is 20.6. The van der Waals surface area contributed by atoms with Crippen LogP contribution in [0.15, 0.2) is 34.0 Å². The Kier molecular flexibility index (Phi) is 5.59. The number of nitrogens with zero attached hydrogens (tertiary/aromatic N) is 5. The van der Waals surface area contributed by atoms with Gasteiger partial charge in [-0.3, -0.25) is 4.18 Å². The number of nitrogens with two attached hydrogens (primary N) is 2. The van der Waals surface area contributed by atoms with Crippen LogP contribution in [0, 0.1) is 0 Å². The molecule has 0 aliphatic carbocycles. The molecule has 4 rings (SSSR count). The van der Waals surface area contributed by atoms with E-state index in [2.05, 4.69) is 24.1 Å². The number of fused-ring (bicyclic) bond motifs is 2. The maximum absolute atomic E-state index is 10.9. The number of hydrogen-bond donors (Lipinski definition) is 2. The highest BCUT2D eigenvalue weighted by atomic mass is 35.5. The Labute approximate surface area is 178 Å². The molecule has 14 heteroatoms. The number of hydrogen-bond acceptors (Lipinski definition) is 10. The van der Waals surface area contributed by atoms with E-state index in [-0.39, 0.29) is 12.4 Å². The molecule has 0 unspecified atom stereocenters. The Bertz CT molecular complexity index is 1310. The largest absolute Gasteiger partial charge is 0.382 e. The fraction of sp³-hybridized carbons (Fsp3) is 0.200. The van der Waals surface area contributed by atoms with E-state index in [0.717, 1.165) is 14.6 Å². The van der Waals surface area contributed by atoms with Crippen LogP contribution in [0.5, 0.6) is 0 Å². The number of benzene rings is 1. The Balaban J connectivity index is 1.66. The minimum absolute atomic E-state index is 0.0695. The minimum Gasteiger partial charge on any atom is -0.382 e. The number of anilines is 1. The van der Waals surface area contributed by atoms with Crippen LogP contribution >= 0.6 is 34.7 Å². The summed E-state index contributed by atoms with van der Waals surface area (Å²) in [5.74, 6) is 0.253. The average molecular weight is 472 g/mol. The van der Waals surface area contributed by atoms with Crippen molar-refractivity contribution in [2.45, 2.75) is 22.5 Å². The molecule has 0 saturated carbocycles. The summed E-state index contributed by atoms with van der Waals surface area (Å²) in [6, 6.07) is 5.54. The van der Waals surface area contributed by atoms with Crippen LogP contribution in [0.2, 0.25) is 5.02 Å². The molecule has 0 amide bonds. The third-order valence-electron chi connectivity index (χ3n) is 3.82. The number of rotatable bonds is 7. The van der Waals surface area contributed by atoms with Crippen LogP contribution < -0.4 is 10.9 Å². The molecule has 0 bridgehead atoms. The molecule has 3 heterocycles. The zero-order valence-electron chi connectivity index (χ0n) is 14.6. The lowest BCUT2D eigenvalue weighted by molar-refractivity contribution is 0.303. The number of aryl methyl sites for hydroxylation is 1. The van der Waals surface area contributed by atoms with Crippen LogP contribution in [0.25, 0.3) is 21.4 Å². The van der Waals surface area contributed by atoms with Gasteiger partial charge in [0.2, 0.25) is 0 Å². The summed E-state index contributed by atoms with van der Waals surface area (Å²) in [5, 5.41) is 6.09. The molecule has 0 saturated heterocycles. The highest BCUT2D eigenvalue weighted by Gasteiger charge is 2.18. The second-order valence-corrected chi connectivity index (χ2v) is 9.66. The van der Waals surface area contributed by atoms with Crippen LogP contribution in [0.1, 0.15) is 6.42 Å². The molecule has 0 atom stereocenters.